The van der Waals surface area contributed by atoms with E-state index in [4.69, 9.17) is 0 Å². The number of benzene rings is 1. The van der Waals surface area contributed by atoms with Crippen molar-refractivity contribution >= 4 is 19.9 Å². The van der Waals surface area contributed by atoms with Gasteiger partial charge in [-0.25, -0.2) is 16.8 Å². The summed E-state index contributed by atoms with van der Waals surface area (Å²) in [6.45, 7) is 4.77. The van der Waals surface area contributed by atoms with Crippen molar-refractivity contribution in [2.24, 2.45) is 0 Å². The first-order valence-electron chi connectivity index (χ1n) is 6.53. The Morgan fingerprint density at radius 2 is 1.25 bits per heavy atom. The van der Waals surface area contributed by atoms with Gasteiger partial charge in [0.25, 0.3) is 0 Å². The lowest BCUT2D eigenvalue weighted by molar-refractivity contribution is 0.410. The normalized spacial score (nSPS) is 12.8. The largest absolute Gasteiger partial charge is 0.243 e. The van der Waals surface area contributed by atoms with Crippen LogP contribution in [0.4, 0.5) is 0 Å². The van der Waals surface area contributed by atoms with Crippen LogP contribution in [-0.4, -0.2) is 40.5 Å². The summed E-state index contributed by atoms with van der Waals surface area (Å²) >= 11 is 0. The van der Waals surface area contributed by atoms with Crippen LogP contribution in [0.1, 0.15) is 26.7 Å². The van der Waals surface area contributed by atoms with Crippen molar-refractivity contribution in [2.45, 2.75) is 36.5 Å². The molecule has 1 aromatic rings. The van der Waals surface area contributed by atoms with Gasteiger partial charge >= 0.3 is 0 Å². The summed E-state index contributed by atoms with van der Waals surface area (Å²) in [5.41, 5.74) is 0. The molecule has 0 heterocycles. The van der Waals surface area contributed by atoms with Gasteiger partial charge in [-0.1, -0.05) is 13.8 Å². The molecule has 0 saturated carbocycles. The zero-order valence-corrected chi connectivity index (χ0v) is 13.7. The summed E-state index contributed by atoms with van der Waals surface area (Å²) in [4.78, 5) is 0.251. The molecule has 0 aliphatic heterocycles. The van der Waals surface area contributed by atoms with E-state index in [1.54, 1.807) is 0 Å². The summed E-state index contributed by atoms with van der Waals surface area (Å²) in [6.07, 6.45) is 2.57. The third-order valence-electron chi connectivity index (χ3n) is 2.84. The molecular formula is C13H21NO4S2. The van der Waals surface area contributed by atoms with Gasteiger partial charge in [0, 0.05) is 19.3 Å². The fraction of sp³-hybridized carbons (Fsp3) is 0.538. The Bertz CT molecular complexity index is 627. The molecule has 0 radical (unpaired) electrons. The van der Waals surface area contributed by atoms with E-state index in [2.05, 4.69) is 0 Å². The molecule has 0 atom stereocenters. The van der Waals surface area contributed by atoms with Crippen molar-refractivity contribution in [2.75, 3.05) is 19.3 Å². The van der Waals surface area contributed by atoms with E-state index < -0.39 is 19.9 Å². The number of nitrogens with zero attached hydrogens (tertiary/aromatic N) is 1. The van der Waals surface area contributed by atoms with Crippen molar-refractivity contribution in [3.8, 4) is 0 Å². The standard InChI is InChI=1S/C13H21NO4S2/c1-4-10-14(11-5-2)20(17,18)13-8-6-12(7-9-13)19(3,15)16/h6-9H,4-5,10-11H2,1-3H3. The molecule has 20 heavy (non-hydrogen) atoms. The minimum Gasteiger partial charge on any atom is -0.224 e. The molecule has 0 unspecified atom stereocenters. The Morgan fingerprint density at radius 1 is 0.850 bits per heavy atom. The van der Waals surface area contributed by atoms with Gasteiger partial charge < -0.3 is 0 Å². The highest BCUT2D eigenvalue weighted by molar-refractivity contribution is 7.90. The highest BCUT2D eigenvalue weighted by Gasteiger charge is 2.23. The predicted octanol–water partition coefficient (Wildman–Crippen LogP) is 1.90. The molecule has 0 N–H and O–H groups in total. The summed E-state index contributed by atoms with van der Waals surface area (Å²) in [6, 6.07) is 5.37. The average molecular weight is 319 g/mol. The second kappa shape index (κ2) is 6.69. The van der Waals surface area contributed by atoms with Crippen LogP contribution in [0.25, 0.3) is 0 Å². The third-order valence-corrected chi connectivity index (χ3v) is 5.88. The predicted molar refractivity (Wildman–Crippen MR) is 78.9 cm³/mol. The smallest absolute Gasteiger partial charge is 0.224 e. The highest BCUT2D eigenvalue weighted by Crippen LogP contribution is 2.19. The van der Waals surface area contributed by atoms with Gasteiger partial charge in [-0.05, 0) is 37.1 Å². The lowest BCUT2D eigenvalue weighted by Crippen LogP contribution is -2.32. The molecule has 0 aliphatic carbocycles. The molecule has 7 heteroatoms. The number of rotatable bonds is 7. The number of hydrogen-bond acceptors (Lipinski definition) is 4. The van der Waals surface area contributed by atoms with Crippen LogP contribution in [0.3, 0.4) is 0 Å². The van der Waals surface area contributed by atoms with Crippen LogP contribution in [0, 0.1) is 0 Å². The van der Waals surface area contributed by atoms with E-state index >= 15 is 0 Å². The molecule has 0 fully saturated rings. The van der Waals surface area contributed by atoms with E-state index in [0.29, 0.717) is 13.1 Å². The van der Waals surface area contributed by atoms with Crippen molar-refractivity contribution < 1.29 is 16.8 Å². The van der Waals surface area contributed by atoms with E-state index in [9.17, 15) is 16.8 Å². The second-order valence-corrected chi connectivity index (χ2v) is 8.60. The van der Waals surface area contributed by atoms with Crippen LogP contribution >= 0.6 is 0 Å². The van der Waals surface area contributed by atoms with Gasteiger partial charge in [0.05, 0.1) is 9.79 Å². The SMILES string of the molecule is CCCN(CCC)S(=O)(=O)c1ccc(S(C)(=O)=O)cc1. The first kappa shape index (κ1) is 17.1. The van der Waals surface area contributed by atoms with Crippen molar-refractivity contribution in [1.82, 2.24) is 4.31 Å². The second-order valence-electron chi connectivity index (χ2n) is 4.65. The maximum Gasteiger partial charge on any atom is 0.243 e. The van der Waals surface area contributed by atoms with Crippen molar-refractivity contribution in [3.63, 3.8) is 0 Å². The number of sulfone groups is 1. The topological polar surface area (TPSA) is 71.5 Å². The van der Waals surface area contributed by atoms with Crippen LogP contribution < -0.4 is 0 Å². The van der Waals surface area contributed by atoms with Crippen LogP contribution in [0.15, 0.2) is 34.1 Å². The number of hydrogen-bond donors (Lipinski definition) is 0. The Labute approximate surface area is 121 Å². The van der Waals surface area contributed by atoms with Crippen LogP contribution in [0.2, 0.25) is 0 Å². The maximum atomic E-state index is 12.4. The summed E-state index contributed by atoms with van der Waals surface area (Å²) in [5, 5.41) is 0. The van der Waals surface area contributed by atoms with Crippen molar-refractivity contribution in [1.29, 1.82) is 0 Å². The van der Waals surface area contributed by atoms with E-state index in [0.717, 1.165) is 19.1 Å². The zero-order valence-electron chi connectivity index (χ0n) is 12.0. The molecule has 0 spiro atoms. The molecule has 1 rings (SSSR count). The lowest BCUT2D eigenvalue weighted by Gasteiger charge is -2.21. The van der Waals surface area contributed by atoms with Gasteiger partial charge in [0.1, 0.15) is 0 Å². The Balaban J connectivity index is 3.15. The van der Waals surface area contributed by atoms with E-state index in [1.807, 2.05) is 13.8 Å². The first-order chi connectivity index (χ1) is 9.23. The Hall–Kier alpha value is -0.920. The number of sulfonamides is 1. The van der Waals surface area contributed by atoms with Gasteiger partial charge in [-0.3, -0.25) is 0 Å². The fourth-order valence-electron chi connectivity index (χ4n) is 1.86. The summed E-state index contributed by atoms with van der Waals surface area (Å²) in [7, 11) is -6.86. The van der Waals surface area contributed by atoms with Crippen LogP contribution in [-0.2, 0) is 19.9 Å². The summed E-state index contributed by atoms with van der Waals surface area (Å²) in [5.74, 6) is 0. The van der Waals surface area contributed by atoms with Crippen molar-refractivity contribution in [3.05, 3.63) is 24.3 Å². The van der Waals surface area contributed by atoms with Gasteiger partial charge in [-0.2, -0.15) is 4.31 Å². The molecule has 0 bridgehead atoms. The summed E-state index contributed by atoms with van der Waals surface area (Å²) < 4.78 is 49.1. The maximum absolute atomic E-state index is 12.4. The molecule has 0 amide bonds. The minimum absolute atomic E-state index is 0.119. The Kier molecular flexibility index (Phi) is 5.73. The molecular weight excluding hydrogens is 298 g/mol. The van der Waals surface area contributed by atoms with Gasteiger partial charge in [-0.15, -0.1) is 0 Å². The Morgan fingerprint density at radius 3 is 1.60 bits per heavy atom. The van der Waals surface area contributed by atoms with Gasteiger partial charge in [0.15, 0.2) is 9.84 Å². The van der Waals surface area contributed by atoms with Gasteiger partial charge in [0.2, 0.25) is 10.0 Å². The average Bonchev–Trinajstić information content (AvgIpc) is 2.37. The monoisotopic (exact) mass is 319 g/mol. The molecule has 0 saturated heterocycles. The van der Waals surface area contributed by atoms with E-state index in [-0.39, 0.29) is 9.79 Å². The first-order valence-corrected chi connectivity index (χ1v) is 9.87. The quantitative estimate of drug-likeness (QED) is 0.769. The van der Waals surface area contributed by atoms with E-state index in [1.165, 1.54) is 28.6 Å². The van der Waals surface area contributed by atoms with Crippen LogP contribution in [0.5, 0.6) is 0 Å². The highest BCUT2D eigenvalue weighted by atomic mass is 32.2. The third kappa shape index (κ3) is 4.04. The zero-order chi connectivity index (χ0) is 15.4. The molecule has 0 aromatic heterocycles. The molecule has 5 nitrogen and oxygen atoms in total. The molecule has 1 aromatic carbocycles. The minimum atomic E-state index is -3.55. The fourth-order valence-corrected chi connectivity index (χ4v) is 4.11. The lowest BCUT2D eigenvalue weighted by atomic mass is 10.4. The molecule has 0 aliphatic rings. The molecule has 114 valence electrons.